The maximum atomic E-state index is 12.6. The molecule has 3 N–H and O–H groups in total. The molecule has 0 radical (unpaired) electrons. The van der Waals surface area contributed by atoms with E-state index in [1.54, 1.807) is 6.20 Å². The molecular weight excluding hydrogens is 530 g/mol. The van der Waals surface area contributed by atoms with Crippen molar-refractivity contribution in [2.45, 2.75) is 13.0 Å². The van der Waals surface area contributed by atoms with Gasteiger partial charge in [-0.1, -0.05) is 65.9 Å². The average molecular weight is 552 g/mol. The van der Waals surface area contributed by atoms with Crippen molar-refractivity contribution < 1.29 is 24.2 Å². The van der Waals surface area contributed by atoms with Crippen molar-refractivity contribution in [1.29, 1.82) is 0 Å². The van der Waals surface area contributed by atoms with Crippen LogP contribution in [0.4, 0.5) is 5.13 Å². The van der Waals surface area contributed by atoms with Gasteiger partial charge in [-0.3, -0.25) is 9.48 Å². The maximum absolute atomic E-state index is 12.6. The number of thiazole rings is 1. The van der Waals surface area contributed by atoms with Crippen LogP contribution in [0.5, 0.6) is 5.75 Å². The summed E-state index contributed by atoms with van der Waals surface area (Å²) in [4.78, 5) is 28.8. The van der Waals surface area contributed by atoms with E-state index in [-0.39, 0.29) is 24.4 Å². The molecule has 0 spiro atoms. The van der Waals surface area contributed by atoms with Gasteiger partial charge in [0.2, 0.25) is 5.91 Å². The summed E-state index contributed by atoms with van der Waals surface area (Å²) in [6, 6.07) is 21.7. The lowest BCUT2D eigenvalue weighted by atomic mass is 10.0. The number of benzene rings is 3. The number of aryl methyl sites for hydroxylation is 1. The number of hydrogen-bond donors (Lipinski definition) is 3. The SMILES string of the molecule is O=C(CCn1cc(-c2c(-c3ccccc3)oc3cc(O)c(C(=O)O)cc23)nn1)Nc1nc(-c2ccccc2)cs1. The Kier molecular flexibility index (Phi) is 6.54. The van der Waals surface area contributed by atoms with Crippen LogP contribution in [0.25, 0.3) is 44.8 Å². The Labute approximate surface area is 231 Å². The standard InChI is InChI=1S/C29H21N5O5S/c35-23-14-24-20(13-19(23)28(37)38)26(27(39-24)18-9-5-2-6-10-18)21-15-34(33-32-21)12-11-25(36)31-29-30-22(16-40-29)17-7-3-1-4-8-17/h1-10,13-16,35H,11-12H2,(H,37,38)(H,30,31,36). The van der Waals surface area contributed by atoms with Crippen LogP contribution in [0, 0.1) is 0 Å². The van der Waals surface area contributed by atoms with Gasteiger partial charge in [-0.25, -0.2) is 9.78 Å². The minimum Gasteiger partial charge on any atom is -0.507 e. The number of nitrogens with zero attached hydrogens (tertiary/aromatic N) is 4. The van der Waals surface area contributed by atoms with E-state index in [4.69, 9.17) is 4.42 Å². The Morgan fingerprint density at radius 1 is 0.975 bits per heavy atom. The van der Waals surface area contributed by atoms with E-state index in [1.807, 2.05) is 66.0 Å². The minimum atomic E-state index is -1.27. The van der Waals surface area contributed by atoms with E-state index in [0.29, 0.717) is 33.1 Å². The van der Waals surface area contributed by atoms with Crippen LogP contribution in [0.1, 0.15) is 16.8 Å². The highest BCUT2D eigenvalue weighted by Gasteiger charge is 2.23. The van der Waals surface area contributed by atoms with Crippen LogP contribution >= 0.6 is 11.3 Å². The fraction of sp³-hybridized carbons (Fsp3) is 0.0690. The number of rotatable bonds is 8. The van der Waals surface area contributed by atoms with E-state index in [0.717, 1.165) is 16.8 Å². The molecule has 0 saturated carbocycles. The first-order valence-electron chi connectivity index (χ1n) is 12.3. The zero-order chi connectivity index (χ0) is 27.6. The van der Waals surface area contributed by atoms with Crippen molar-refractivity contribution >= 4 is 39.3 Å². The van der Waals surface area contributed by atoms with Crippen molar-refractivity contribution in [2.75, 3.05) is 5.32 Å². The van der Waals surface area contributed by atoms with E-state index in [1.165, 1.54) is 28.2 Å². The van der Waals surface area contributed by atoms with Crippen LogP contribution < -0.4 is 5.32 Å². The molecule has 0 atom stereocenters. The molecule has 198 valence electrons. The average Bonchev–Trinajstić information content (AvgIpc) is 3.71. The minimum absolute atomic E-state index is 0.137. The number of aromatic carboxylic acids is 1. The van der Waals surface area contributed by atoms with Crippen LogP contribution in [0.3, 0.4) is 0 Å². The Balaban J connectivity index is 1.24. The van der Waals surface area contributed by atoms with Gasteiger partial charge in [0.05, 0.1) is 24.0 Å². The van der Waals surface area contributed by atoms with Crippen LogP contribution in [0.15, 0.2) is 88.8 Å². The number of aromatic nitrogens is 4. The van der Waals surface area contributed by atoms with Gasteiger partial charge in [0, 0.05) is 34.4 Å². The number of hydrogen-bond acceptors (Lipinski definition) is 8. The molecule has 0 unspecified atom stereocenters. The van der Waals surface area contributed by atoms with E-state index >= 15 is 0 Å². The fourth-order valence-electron chi connectivity index (χ4n) is 4.34. The molecule has 0 bridgehead atoms. The van der Waals surface area contributed by atoms with Crippen molar-refractivity contribution in [1.82, 2.24) is 20.0 Å². The molecule has 10 nitrogen and oxygen atoms in total. The smallest absolute Gasteiger partial charge is 0.339 e. The second-order valence-electron chi connectivity index (χ2n) is 8.91. The van der Waals surface area contributed by atoms with Gasteiger partial charge in [0.25, 0.3) is 0 Å². The van der Waals surface area contributed by atoms with Crippen molar-refractivity contribution in [3.63, 3.8) is 0 Å². The summed E-state index contributed by atoms with van der Waals surface area (Å²) < 4.78 is 7.60. The van der Waals surface area contributed by atoms with Crippen molar-refractivity contribution in [3.8, 4) is 39.6 Å². The summed E-state index contributed by atoms with van der Waals surface area (Å²) in [5, 5.41) is 33.9. The molecule has 3 aromatic heterocycles. The Morgan fingerprint density at radius 3 is 2.42 bits per heavy atom. The van der Waals surface area contributed by atoms with Crippen LogP contribution in [0.2, 0.25) is 0 Å². The van der Waals surface area contributed by atoms with Gasteiger partial charge in [-0.05, 0) is 6.07 Å². The largest absolute Gasteiger partial charge is 0.507 e. The molecule has 0 saturated heterocycles. The first-order chi connectivity index (χ1) is 19.5. The van der Waals surface area contributed by atoms with Crippen molar-refractivity contribution in [2.24, 2.45) is 0 Å². The summed E-state index contributed by atoms with van der Waals surface area (Å²) in [6.07, 6.45) is 1.81. The number of nitrogens with one attached hydrogen (secondary N) is 1. The lowest BCUT2D eigenvalue weighted by molar-refractivity contribution is -0.116. The summed E-state index contributed by atoms with van der Waals surface area (Å²) in [5.74, 6) is -1.42. The van der Waals surface area contributed by atoms with Gasteiger partial charge >= 0.3 is 5.97 Å². The summed E-state index contributed by atoms with van der Waals surface area (Å²) in [6.45, 7) is 0.257. The van der Waals surface area contributed by atoms with E-state index < -0.39 is 11.7 Å². The zero-order valence-electron chi connectivity index (χ0n) is 20.8. The molecular formula is C29H21N5O5S. The molecule has 1 amide bonds. The molecule has 3 aromatic carbocycles. The number of phenols is 1. The predicted molar refractivity (Wildman–Crippen MR) is 150 cm³/mol. The summed E-state index contributed by atoms with van der Waals surface area (Å²) in [5.41, 5.74) is 3.55. The third kappa shape index (κ3) is 4.93. The number of aromatic hydroxyl groups is 1. The molecule has 0 aliphatic carbocycles. The highest BCUT2D eigenvalue weighted by atomic mass is 32.1. The monoisotopic (exact) mass is 551 g/mol. The Hall–Kier alpha value is -5.29. The molecule has 6 aromatic rings. The number of carboxylic acids is 1. The number of carbonyl (C=O) groups excluding carboxylic acids is 1. The van der Waals surface area contributed by atoms with Gasteiger partial charge in [-0.15, -0.1) is 16.4 Å². The number of fused-ring (bicyclic) bond motifs is 1. The first kappa shape index (κ1) is 25.0. The predicted octanol–water partition coefficient (Wildman–Crippen LogP) is 5.91. The number of furan rings is 1. The molecule has 0 fully saturated rings. The molecule has 3 heterocycles. The second-order valence-corrected chi connectivity index (χ2v) is 9.77. The number of amides is 1. The van der Waals surface area contributed by atoms with Gasteiger partial charge in [-0.2, -0.15) is 0 Å². The topological polar surface area (TPSA) is 143 Å². The molecule has 11 heteroatoms. The van der Waals surface area contributed by atoms with E-state index in [9.17, 15) is 19.8 Å². The quantitative estimate of drug-likeness (QED) is 0.212. The number of anilines is 1. The van der Waals surface area contributed by atoms with Crippen LogP contribution in [-0.2, 0) is 11.3 Å². The highest BCUT2D eigenvalue weighted by molar-refractivity contribution is 7.14. The van der Waals surface area contributed by atoms with Gasteiger partial charge < -0.3 is 19.9 Å². The first-order valence-corrected chi connectivity index (χ1v) is 13.1. The van der Waals surface area contributed by atoms with Crippen molar-refractivity contribution in [3.05, 3.63) is 89.9 Å². The van der Waals surface area contributed by atoms with Gasteiger partial charge in [0.1, 0.15) is 28.4 Å². The summed E-state index contributed by atoms with van der Waals surface area (Å²) in [7, 11) is 0. The zero-order valence-corrected chi connectivity index (χ0v) is 21.6. The molecule has 6 rings (SSSR count). The molecule has 0 aliphatic rings. The van der Waals surface area contributed by atoms with E-state index in [2.05, 4.69) is 20.6 Å². The Bertz CT molecular complexity index is 1840. The third-order valence-electron chi connectivity index (χ3n) is 6.26. The maximum Gasteiger partial charge on any atom is 0.339 e. The molecule has 40 heavy (non-hydrogen) atoms. The lowest BCUT2D eigenvalue weighted by Crippen LogP contribution is -2.14. The van der Waals surface area contributed by atoms with Gasteiger partial charge in [0.15, 0.2) is 5.13 Å². The highest BCUT2D eigenvalue weighted by Crippen LogP contribution is 2.42. The number of carboxylic acid groups (broad SMARTS) is 1. The normalized spacial score (nSPS) is 11.1. The third-order valence-corrected chi connectivity index (χ3v) is 7.01. The number of carbonyl (C=O) groups is 2. The summed E-state index contributed by atoms with van der Waals surface area (Å²) >= 11 is 1.35. The fourth-order valence-corrected chi connectivity index (χ4v) is 5.08. The second kappa shape index (κ2) is 10.5. The Morgan fingerprint density at radius 2 is 1.70 bits per heavy atom. The molecule has 0 aliphatic heterocycles. The lowest BCUT2D eigenvalue weighted by Gasteiger charge is -2.02. The van der Waals surface area contributed by atoms with Crippen LogP contribution in [-0.4, -0.2) is 42.1 Å².